The highest BCUT2D eigenvalue weighted by molar-refractivity contribution is 5.85. The summed E-state index contributed by atoms with van der Waals surface area (Å²) in [4.78, 5) is 20.0. The molecule has 1 N–H and O–H groups in total. The van der Waals surface area contributed by atoms with E-state index >= 15 is 0 Å². The van der Waals surface area contributed by atoms with Gasteiger partial charge in [0.1, 0.15) is 0 Å². The molecule has 1 fully saturated rings. The van der Waals surface area contributed by atoms with Crippen molar-refractivity contribution < 1.29 is 4.79 Å². The molecule has 0 aliphatic carbocycles. The molecule has 0 atom stereocenters. The minimum absolute atomic E-state index is 0.0810. The maximum atomic E-state index is 12.7. The lowest BCUT2D eigenvalue weighted by molar-refractivity contribution is -0.125. The maximum Gasteiger partial charge on any atom is 0.223 e. The molecule has 31 heavy (non-hydrogen) atoms. The average molecular weight is 413 g/mol. The summed E-state index contributed by atoms with van der Waals surface area (Å²) in [6.07, 6.45) is 4.69. The molecule has 1 aliphatic rings. The number of para-hydroxylation sites is 2. The van der Waals surface area contributed by atoms with Gasteiger partial charge in [0.2, 0.25) is 5.91 Å². The van der Waals surface area contributed by atoms with Crippen molar-refractivity contribution >= 4 is 28.3 Å². The SMILES string of the molecule is Cc1ccc(CCNC(=O)C2CCN(c3nc4ccccc4n4cccc34)CC2)cc1. The Morgan fingerprint density at radius 2 is 1.74 bits per heavy atom. The maximum absolute atomic E-state index is 12.7. The lowest BCUT2D eigenvalue weighted by Crippen LogP contribution is -2.41. The largest absolute Gasteiger partial charge is 0.356 e. The van der Waals surface area contributed by atoms with E-state index in [0.717, 1.165) is 54.7 Å². The Bertz CT molecular complexity index is 1200. The molecule has 1 aliphatic heterocycles. The smallest absolute Gasteiger partial charge is 0.223 e. The van der Waals surface area contributed by atoms with Crippen LogP contribution < -0.4 is 10.2 Å². The second-order valence-electron chi connectivity index (χ2n) is 8.48. The van der Waals surface area contributed by atoms with Gasteiger partial charge in [0.25, 0.3) is 0 Å². The quantitative estimate of drug-likeness (QED) is 0.530. The van der Waals surface area contributed by atoms with Gasteiger partial charge in [-0.2, -0.15) is 0 Å². The fraction of sp³-hybridized carbons (Fsp3) is 0.308. The van der Waals surface area contributed by atoms with Crippen LogP contribution in [0, 0.1) is 12.8 Å². The van der Waals surface area contributed by atoms with Gasteiger partial charge in [-0.3, -0.25) is 4.79 Å². The molecular formula is C26H28N4O. The van der Waals surface area contributed by atoms with Crippen molar-refractivity contribution in [3.63, 3.8) is 0 Å². The third-order valence-electron chi connectivity index (χ3n) is 6.34. The highest BCUT2D eigenvalue weighted by atomic mass is 16.1. The second kappa shape index (κ2) is 8.42. The number of nitrogens with zero attached hydrogens (tertiary/aromatic N) is 3. The Balaban J connectivity index is 1.21. The average Bonchev–Trinajstić information content (AvgIpc) is 3.30. The van der Waals surface area contributed by atoms with Gasteiger partial charge in [-0.1, -0.05) is 42.0 Å². The summed E-state index contributed by atoms with van der Waals surface area (Å²) in [5.41, 5.74) is 5.77. The van der Waals surface area contributed by atoms with Crippen molar-refractivity contribution in [2.75, 3.05) is 24.5 Å². The summed E-state index contributed by atoms with van der Waals surface area (Å²) in [6.45, 7) is 4.48. The minimum Gasteiger partial charge on any atom is -0.356 e. The van der Waals surface area contributed by atoms with Gasteiger partial charge >= 0.3 is 0 Å². The third kappa shape index (κ3) is 4.00. The van der Waals surface area contributed by atoms with Crippen LogP contribution in [0.4, 0.5) is 5.82 Å². The summed E-state index contributed by atoms with van der Waals surface area (Å²) in [7, 11) is 0. The molecule has 1 saturated heterocycles. The first kappa shape index (κ1) is 19.6. The van der Waals surface area contributed by atoms with E-state index in [9.17, 15) is 4.79 Å². The van der Waals surface area contributed by atoms with E-state index in [4.69, 9.17) is 4.98 Å². The van der Waals surface area contributed by atoms with Gasteiger partial charge < -0.3 is 14.6 Å². The van der Waals surface area contributed by atoms with Crippen molar-refractivity contribution in [3.05, 3.63) is 78.0 Å². The monoisotopic (exact) mass is 412 g/mol. The van der Waals surface area contributed by atoms with Crippen LogP contribution in [0.3, 0.4) is 0 Å². The summed E-state index contributed by atoms with van der Waals surface area (Å²) in [5, 5.41) is 3.14. The summed E-state index contributed by atoms with van der Waals surface area (Å²) < 4.78 is 2.21. The van der Waals surface area contributed by atoms with E-state index in [2.05, 4.69) is 76.3 Å². The van der Waals surface area contributed by atoms with E-state index in [-0.39, 0.29) is 11.8 Å². The number of amides is 1. The highest BCUT2D eigenvalue weighted by Gasteiger charge is 2.26. The fourth-order valence-corrected chi connectivity index (χ4v) is 4.52. The van der Waals surface area contributed by atoms with Crippen LogP contribution >= 0.6 is 0 Å². The molecule has 0 saturated carbocycles. The summed E-state index contributed by atoms with van der Waals surface area (Å²) in [6, 6.07) is 21.0. The number of anilines is 1. The molecule has 5 rings (SSSR count). The highest BCUT2D eigenvalue weighted by Crippen LogP contribution is 2.29. The fourth-order valence-electron chi connectivity index (χ4n) is 4.52. The van der Waals surface area contributed by atoms with Crippen molar-refractivity contribution in [1.29, 1.82) is 0 Å². The van der Waals surface area contributed by atoms with Crippen molar-refractivity contribution in [2.24, 2.45) is 5.92 Å². The van der Waals surface area contributed by atoms with Crippen LogP contribution in [0.5, 0.6) is 0 Å². The lowest BCUT2D eigenvalue weighted by atomic mass is 9.95. The van der Waals surface area contributed by atoms with Crippen LogP contribution in [-0.2, 0) is 11.2 Å². The summed E-state index contributed by atoms with van der Waals surface area (Å²) in [5.74, 6) is 1.28. The van der Waals surface area contributed by atoms with Gasteiger partial charge in [0, 0.05) is 31.7 Å². The predicted octanol–water partition coefficient (Wildman–Crippen LogP) is 4.37. The van der Waals surface area contributed by atoms with Crippen LogP contribution in [0.25, 0.3) is 16.6 Å². The summed E-state index contributed by atoms with van der Waals surface area (Å²) >= 11 is 0. The van der Waals surface area contributed by atoms with Gasteiger partial charge in [0.15, 0.2) is 5.82 Å². The molecule has 5 heteroatoms. The molecule has 0 radical (unpaired) electrons. The molecule has 0 unspecified atom stereocenters. The zero-order valence-corrected chi connectivity index (χ0v) is 17.9. The number of aromatic nitrogens is 2. The number of hydrogen-bond acceptors (Lipinski definition) is 3. The van der Waals surface area contributed by atoms with E-state index in [1.807, 2.05) is 12.1 Å². The molecule has 3 heterocycles. The Morgan fingerprint density at radius 3 is 2.55 bits per heavy atom. The molecule has 1 amide bonds. The van der Waals surface area contributed by atoms with Crippen LogP contribution in [0.2, 0.25) is 0 Å². The number of rotatable bonds is 5. The molecule has 0 spiro atoms. The number of nitrogens with one attached hydrogen (secondary N) is 1. The van der Waals surface area contributed by atoms with Crippen LogP contribution in [-0.4, -0.2) is 34.9 Å². The zero-order valence-electron chi connectivity index (χ0n) is 17.9. The zero-order chi connectivity index (χ0) is 21.2. The van der Waals surface area contributed by atoms with Gasteiger partial charge in [-0.15, -0.1) is 0 Å². The van der Waals surface area contributed by atoms with E-state index in [1.54, 1.807) is 0 Å². The number of fused-ring (bicyclic) bond motifs is 3. The third-order valence-corrected chi connectivity index (χ3v) is 6.34. The number of carbonyl (C=O) groups excluding carboxylic acids is 1. The molecule has 5 nitrogen and oxygen atoms in total. The minimum atomic E-state index is 0.0810. The Labute approximate surface area is 182 Å². The normalized spacial score (nSPS) is 14.9. The number of benzene rings is 2. The van der Waals surface area contributed by atoms with Crippen LogP contribution in [0.1, 0.15) is 24.0 Å². The topological polar surface area (TPSA) is 49.6 Å². The van der Waals surface area contributed by atoms with E-state index in [0.29, 0.717) is 6.54 Å². The Morgan fingerprint density at radius 1 is 1.00 bits per heavy atom. The molecule has 158 valence electrons. The van der Waals surface area contributed by atoms with Crippen molar-refractivity contribution in [2.45, 2.75) is 26.2 Å². The number of hydrogen-bond donors (Lipinski definition) is 1. The van der Waals surface area contributed by atoms with Gasteiger partial charge in [0.05, 0.1) is 16.6 Å². The van der Waals surface area contributed by atoms with E-state index in [1.165, 1.54) is 11.1 Å². The van der Waals surface area contributed by atoms with Crippen molar-refractivity contribution in [3.8, 4) is 0 Å². The molecular weight excluding hydrogens is 384 g/mol. The second-order valence-corrected chi connectivity index (χ2v) is 8.48. The number of aryl methyl sites for hydroxylation is 1. The first-order valence-electron chi connectivity index (χ1n) is 11.1. The van der Waals surface area contributed by atoms with E-state index < -0.39 is 0 Å². The molecule has 4 aromatic rings. The first-order chi connectivity index (χ1) is 15.2. The first-order valence-corrected chi connectivity index (χ1v) is 11.1. The Kier molecular flexibility index (Phi) is 5.33. The molecule has 2 aromatic heterocycles. The standard InChI is InChI=1S/C26H28N4O/c1-19-8-10-20(11-9-19)12-15-27-26(31)21-13-17-29(18-14-21)25-24-7-4-16-30(24)23-6-3-2-5-22(23)28-25/h2-11,16,21H,12-15,17-18H2,1H3,(H,27,31). The number of piperidine rings is 1. The lowest BCUT2D eigenvalue weighted by Gasteiger charge is -2.32. The molecule has 0 bridgehead atoms. The van der Waals surface area contributed by atoms with Gasteiger partial charge in [-0.25, -0.2) is 4.98 Å². The van der Waals surface area contributed by atoms with Crippen LogP contribution in [0.15, 0.2) is 66.9 Å². The van der Waals surface area contributed by atoms with Gasteiger partial charge in [-0.05, 0) is 56.0 Å². The predicted molar refractivity (Wildman–Crippen MR) is 126 cm³/mol. The number of carbonyl (C=O) groups is 1. The molecule has 2 aromatic carbocycles. The van der Waals surface area contributed by atoms with Crippen molar-refractivity contribution in [1.82, 2.24) is 14.7 Å². The Hall–Kier alpha value is -3.34.